The molecule has 0 unspecified atom stereocenters. The molecule has 0 aliphatic rings. The first kappa shape index (κ1) is 30.8. The summed E-state index contributed by atoms with van der Waals surface area (Å²) in [6.45, 7) is 0. The average Bonchev–Trinajstić information content (AvgIpc) is 0.918. The largest absolute Gasteiger partial charge is 3.00 e. The summed E-state index contributed by atoms with van der Waals surface area (Å²) in [5, 5.41) is 3.50. The number of hydrogen-bond acceptors (Lipinski definition) is 0. The Bertz CT molecular complexity index is 7.51. The Morgan fingerprint density at radius 1 is 1.00 bits per heavy atom. The van der Waals surface area contributed by atoms with E-state index in [-0.39, 0.29) is 34.3 Å². The Morgan fingerprint density at radius 3 is 1.00 bits per heavy atom. The molecule has 0 aliphatic carbocycles. The fraction of sp³-hybridized carbons (Fsp3) is 0.500. The van der Waals surface area contributed by atoms with Crippen molar-refractivity contribution in [2.75, 3.05) is 14.1 Å². The zero-order valence-electron chi connectivity index (χ0n) is 4.80. The molecule has 0 atom stereocenters. The van der Waals surface area contributed by atoms with Crippen molar-refractivity contribution >= 4 is 0 Å². The molecule has 0 aromatic heterocycles. The van der Waals surface area contributed by atoms with Crippen molar-refractivity contribution in [2.24, 2.45) is 0 Å². The minimum Gasteiger partial charge on any atom is -0.668 e. The molecule has 0 N–H and O–H groups in total. The summed E-state index contributed by atoms with van der Waals surface area (Å²) in [6.07, 6.45) is 0. The summed E-state index contributed by atoms with van der Waals surface area (Å²) in [5.74, 6) is 0. The van der Waals surface area contributed by atoms with Crippen LogP contribution < -0.4 is 0 Å². The molecule has 0 heterocycles. The smallest absolute Gasteiger partial charge is 0.668 e. The summed E-state index contributed by atoms with van der Waals surface area (Å²) in [6, 6.07) is 0. The topological polar surface area (TPSA) is 14.1 Å². The maximum absolute atomic E-state index is 3.50. The molecule has 0 rings (SSSR count). The van der Waals surface area contributed by atoms with Crippen molar-refractivity contribution in [3.8, 4) is 0 Å². The molecule has 0 spiro atoms. The van der Waals surface area contributed by atoms with E-state index in [2.05, 4.69) is 5.32 Å². The van der Waals surface area contributed by atoms with Gasteiger partial charge < -0.3 is 20.2 Å². The first-order chi connectivity index (χ1) is 1.41. The van der Waals surface area contributed by atoms with E-state index in [1.165, 1.54) is 0 Å². The van der Waals surface area contributed by atoms with Crippen LogP contribution in [-0.2, 0) is 19.5 Å². The van der Waals surface area contributed by atoms with Crippen molar-refractivity contribution in [3.05, 3.63) is 20.2 Å². The van der Waals surface area contributed by atoms with Gasteiger partial charge in [0.15, 0.2) is 0 Å². The molecule has 0 saturated carbocycles. The molecule has 0 saturated heterocycles. The van der Waals surface area contributed by atoms with Crippen LogP contribution in [0.1, 0.15) is 0 Å². The monoisotopic (exact) mass is 176 g/mol. The maximum Gasteiger partial charge on any atom is 3.00 e. The molecule has 41 valence electrons. The van der Waals surface area contributed by atoms with Crippen molar-refractivity contribution in [1.29, 1.82) is 0 Å². The van der Waals surface area contributed by atoms with Gasteiger partial charge in [-0.05, 0) is 0 Å². The van der Waals surface area contributed by atoms with E-state index in [0.717, 1.165) is 0 Å². The van der Waals surface area contributed by atoms with Crippen molar-refractivity contribution in [2.45, 2.75) is 0 Å². The summed E-state index contributed by atoms with van der Waals surface area (Å²) in [5.41, 5.74) is 0. The van der Waals surface area contributed by atoms with Gasteiger partial charge in [-0.25, -0.2) is 0 Å². The Morgan fingerprint density at radius 2 is 1.00 bits per heavy atom. The van der Waals surface area contributed by atoms with Gasteiger partial charge in [0.2, 0.25) is 0 Å². The minimum atomic E-state index is 0. The molecule has 0 amide bonds. The number of nitrogens with zero attached hydrogens (tertiary/aromatic N) is 1. The van der Waals surface area contributed by atoms with Crippen LogP contribution in [0, 0.1) is 14.9 Å². The Labute approximate surface area is 54.3 Å². The molecule has 0 aliphatic heterocycles. The summed E-state index contributed by atoms with van der Waals surface area (Å²) >= 11 is 0. The van der Waals surface area contributed by atoms with Crippen LogP contribution in [0.15, 0.2) is 0 Å². The minimum absolute atomic E-state index is 0. The van der Waals surface area contributed by atoms with Gasteiger partial charge in [0.25, 0.3) is 0 Å². The third kappa shape index (κ3) is 173. The van der Waals surface area contributed by atoms with Gasteiger partial charge in [-0.15, -0.1) is 0 Å². The van der Waals surface area contributed by atoms with E-state index in [1.807, 2.05) is 0 Å². The molecule has 1 nitrogen and oxygen atoms in total. The first-order valence-corrected chi connectivity index (χ1v) is 0.894. The van der Waals surface area contributed by atoms with Crippen LogP contribution in [0.5, 0.6) is 0 Å². The van der Waals surface area contributed by atoms with E-state index in [0.29, 0.717) is 0 Å². The Hall–Kier alpha value is 0.583. The predicted molar refractivity (Wildman–Crippen MR) is 28.0 cm³/mol. The van der Waals surface area contributed by atoms with Crippen molar-refractivity contribution in [1.82, 2.24) is 0 Å². The van der Waals surface area contributed by atoms with Gasteiger partial charge in [0, 0.05) is 0 Å². The Kier molecular flexibility index (Phi) is 240. The fourth-order valence-corrected chi connectivity index (χ4v) is 0. The molecular weight excluding hydrogens is 163 g/mol. The third-order valence-corrected chi connectivity index (χ3v) is 0. The van der Waals surface area contributed by atoms with Gasteiger partial charge in [-0.1, -0.05) is 0 Å². The second-order valence-corrected chi connectivity index (χ2v) is 0.447. The molecule has 1 radical (unpaired) electrons. The fourth-order valence-electron chi connectivity index (χ4n) is 0. The molecule has 0 aromatic rings. The van der Waals surface area contributed by atoms with Crippen LogP contribution in [0.2, 0.25) is 0 Å². The molecular formula is C4H12NRu. The van der Waals surface area contributed by atoms with Crippen LogP contribution in [-0.4, -0.2) is 14.1 Å². The Balaban J connectivity index is -0.00000000667. The van der Waals surface area contributed by atoms with Gasteiger partial charge in [-0.2, -0.15) is 14.1 Å². The van der Waals surface area contributed by atoms with Crippen LogP contribution in [0.25, 0.3) is 5.32 Å². The van der Waals surface area contributed by atoms with Gasteiger partial charge in [0.1, 0.15) is 0 Å². The second kappa shape index (κ2) is 46.8. The summed E-state index contributed by atoms with van der Waals surface area (Å²) < 4.78 is 0. The van der Waals surface area contributed by atoms with E-state index < -0.39 is 0 Å². The van der Waals surface area contributed by atoms with Crippen molar-refractivity contribution < 1.29 is 19.5 Å². The van der Waals surface area contributed by atoms with Crippen LogP contribution in [0.4, 0.5) is 0 Å². The van der Waals surface area contributed by atoms with Gasteiger partial charge in [-0.3, -0.25) is 0 Å². The van der Waals surface area contributed by atoms with Crippen molar-refractivity contribution in [3.63, 3.8) is 0 Å². The molecule has 0 bridgehead atoms. The quantitative estimate of drug-likeness (QED) is 0.391. The van der Waals surface area contributed by atoms with Gasteiger partial charge in [0.05, 0.1) is 0 Å². The maximum atomic E-state index is 3.50. The normalized spacial score (nSPS) is 3.00. The van der Waals surface area contributed by atoms with E-state index >= 15 is 0 Å². The van der Waals surface area contributed by atoms with E-state index in [4.69, 9.17) is 0 Å². The average molecular weight is 175 g/mol. The zero-order chi connectivity index (χ0) is 2.71. The molecule has 2 heteroatoms. The van der Waals surface area contributed by atoms with Crippen LogP contribution in [0.3, 0.4) is 0 Å². The number of rotatable bonds is 0. The molecule has 0 aromatic carbocycles. The SMILES string of the molecule is C[N-]C.[CH3-].[CH3-].[Ru+3]. The predicted octanol–water partition coefficient (Wildman–Crippen LogP) is 1.52. The molecule has 6 heavy (non-hydrogen) atoms. The number of hydrogen-bond donors (Lipinski definition) is 0. The zero-order valence-corrected chi connectivity index (χ0v) is 6.54. The summed E-state index contributed by atoms with van der Waals surface area (Å²) in [4.78, 5) is 0. The standard InChI is InChI=1S/C2H6N.2CH3.Ru/c1-3-2;;;/h1-2H3;2*1H3;/q3*-1;+3. The van der Waals surface area contributed by atoms with Gasteiger partial charge >= 0.3 is 19.5 Å². The summed E-state index contributed by atoms with van der Waals surface area (Å²) in [7, 11) is 3.50. The van der Waals surface area contributed by atoms with E-state index in [1.54, 1.807) is 14.1 Å². The third-order valence-electron chi connectivity index (χ3n) is 0. The second-order valence-electron chi connectivity index (χ2n) is 0.447. The van der Waals surface area contributed by atoms with Crippen LogP contribution >= 0.6 is 0 Å². The first-order valence-electron chi connectivity index (χ1n) is 0.894. The molecule has 0 fully saturated rings. The van der Waals surface area contributed by atoms with E-state index in [9.17, 15) is 0 Å².